The highest BCUT2D eigenvalue weighted by Crippen LogP contribution is 2.05. The van der Waals surface area contributed by atoms with Gasteiger partial charge in [-0.05, 0) is 25.7 Å². The Bertz CT molecular complexity index is 206. The Hall–Kier alpha value is -0.560. The summed E-state index contributed by atoms with van der Waals surface area (Å²) < 4.78 is 0. The first-order valence-electron chi connectivity index (χ1n) is 9.42. The van der Waals surface area contributed by atoms with Gasteiger partial charge in [-0.25, -0.2) is 0 Å². The molecule has 0 aromatic heterocycles. The summed E-state index contributed by atoms with van der Waals surface area (Å²) in [5, 5.41) is 3.43. The molecule has 0 radical (unpaired) electrons. The Morgan fingerprint density at radius 1 is 0.524 bits per heavy atom. The van der Waals surface area contributed by atoms with Crippen molar-refractivity contribution in [1.82, 2.24) is 5.32 Å². The summed E-state index contributed by atoms with van der Waals surface area (Å²) in [7, 11) is 0. The smallest absolute Gasteiger partial charge is 0.0137 e. The van der Waals surface area contributed by atoms with E-state index in [-0.39, 0.29) is 0 Å². The van der Waals surface area contributed by atoms with Gasteiger partial charge in [-0.2, -0.15) is 0 Å². The van der Waals surface area contributed by atoms with Crippen LogP contribution < -0.4 is 5.32 Å². The van der Waals surface area contributed by atoms with Crippen LogP contribution in [0.1, 0.15) is 90.9 Å². The molecule has 0 aliphatic carbocycles. The summed E-state index contributed by atoms with van der Waals surface area (Å²) >= 11 is 0. The van der Waals surface area contributed by atoms with Gasteiger partial charge in [-0.15, -0.1) is 0 Å². The third-order valence-electron chi connectivity index (χ3n) is 3.81. The maximum Gasteiger partial charge on any atom is 0.0137 e. The van der Waals surface area contributed by atoms with Gasteiger partial charge in [0.1, 0.15) is 0 Å². The summed E-state index contributed by atoms with van der Waals surface area (Å²) in [5.41, 5.74) is 0. The van der Waals surface area contributed by atoms with E-state index in [9.17, 15) is 0 Å². The van der Waals surface area contributed by atoms with Crippen molar-refractivity contribution in [1.29, 1.82) is 0 Å². The van der Waals surface area contributed by atoms with Crippen molar-refractivity contribution in [2.45, 2.75) is 90.9 Å². The fourth-order valence-corrected chi connectivity index (χ4v) is 2.38. The lowest BCUT2D eigenvalue weighted by molar-refractivity contribution is 0.636. The van der Waals surface area contributed by atoms with E-state index in [4.69, 9.17) is 0 Å². The first-order chi connectivity index (χ1) is 10.4. The van der Waals surface area contributed by atoms with Crippen LogP contribution in [-0.4, -0.2) is 13.1 Å². The molecule has 1 heteroatoms. The molecule has 0 unspecified atom stereocenters. The lowest BCUT2D eigenvalue weighted by Crippen LogP contribution is -2.12. The zero-order valence-corrected chi connectivity index (χ0v) is 14.7. The second kappa shape index (κ2) is 19.4. The number of hydrogen-bond acceptors (Lipinski definition) is 1. The van der Waals surface area contributed by atoms with Gasteiger partial charge in [0.05, 0.1) is 0 Å². The molecule has 0 atom stereocenters. The van der Waals surface area contributed by atoms with Crippen molar-refractivity contribution < 1.29 is 0 Å². The predicted octanol–water partition coefficient (Wildman–Crippen LogP) is 6.41. The summed E-state index contributed by atoms with van der Waals surface area (Å²) in [4.78, 5) is 0. The molecule has 0 spiro atoms. The largest absolute Gasteiger partial charge is 0.310 e. The van der Waals surface area contributed by atoms with Crippen molar-refractivity contribution >= 4 is 0 Å². The number of hydrogen-bond donors (Lipinski definition) is 1. The minimum atomic E-state index is 1.01. The Morgan fingerprint density at radius 3 is 1.38 bits per heavy atom. The van der Waals surface area contributed by atoms with Crippen LogP contribution in [0.25, 0.3) is 0 Å². The fourth-order valence-electron chi connectivity index (χ4n) is 2.38. The van der Waals surface area contributed by atoms with E-state index in [0.717, 1.165) is 13.1 Å². The van der Waals surface area contributed by atoms with Gasteiger partial charge in [0.25, 0.3) is 0 Å². The number of allylic oxidation sites excluding steroid dienone is 2. The third kappa shape index (κ3) is 19.4. The van der Waals surface area contributed by atoms with Crippen LogP contribution in [0.2, 0.25) is 0 Å². The Morgan fingerprint density at radius 2 is 0.952 bits per heavy atom. The topological polar surface area (TPSA) is 12.0 Å². The molecule has 0 amide bonds. The van der Waals surface area contributed by atoms with Gasteiger partial charge in [-0.1, -0.05) is 89.5 Å². The van der Waals surface area contributed by atoms with Crippen LogP contribution >= 0.6 is 0 Å². The molecule has 0 saturated carbocycles. The normalized spacial score (nSPS) is 11.9. The maximum atomic E-state index is 3.43. The fraction of sp³-hybridized carbons (Fsp3) is 0.800. The zero-order chi connectivity index (χ0) is 15.4. The van der Waals surface area contributed by atoms with Crippen molar-refractivity contribution in [2.24, 2.45) is 0 Å². The molecule has 124 valence electrons. The molecule has 0 aliphatic rings. The third-order valence-corrected chi connectivity index (χ3v) is 3.81. The minimum absolute atomic E-state index is 1.01. The molecular weight excluding hydrogens is 254 g/mol. The van der Waals surface area contributed by atoms with E-state index in [2.05, 4.69) is 43.5 Å². The van der Waals surface area contributed by atoms with Crippen LogP contribution in [0.4, 0.5) is 0 Å². The van der Waals surface area contributed by atoms with E-state index in [1.165, 1.54) is 77.0 Å². The molecule has 0 saturated heterocycles. The first-order valence-corrected chi connectivity index (χ1v) is 9.42. The lowest BCUT2D eigenvalue weighted by atomic mass is 10.1. The van der Waals surface area contributed by atoms with Crippen molar-refractivity contribution in [3.8, 4) is 0 Å². The molecule has 0 heterocycles. The molecule has 0 fully saturated rings. The second-order valence-corrected chi connectivity index (χ2v) is 6.01. The van der Waals surface area contributed by atoms with Gasteiger partial charge in [0.15, 0.2) is 0 Å². The first kappa shape index (κ1) is 20.4. The molecule has 21 heavy (non-hydrogen) atoms. The Kier molecular flexibility index (Phi) is 18.9. The molecule has 1 nitrogen and oxygen atoms in total. The van der Waals surface area contributed by atoms with E-state index in [0.29, 0.717) is 0 Å². The molecule has 0 rings (SSSR count). The van der Waals surface area contributed by atoms with Gasteiger partial charge in [0, 0.05) is 13.1 Å². The van der Waals surface area contributed by atoms with Crippen LogP contribution in [-0.2, 0) is 0 Å². The second-order valence-electron chi connectivity index (χ2n) is 6.01. The van der Waals surface area contributed by atoms with Crippen LogP contribution in [0.3, 0.4) is 0 Å². The molecule has 0 aromatic carbocycles. The van der Waals surface area contributed by atoms with Crippen LogP contribution in [0, 0.1) is 0 Å². The zero-order valence-electron chi connectivity index (χ0n) is 14.7. The minimum Gasteiger partial charge on any atom is -0.310 e. The molecule has 0 aromatic rings. The van der Waals surface area contributed by atoms with Crippen molar-refractivity contribution in [2.75, 3.05) is 13.1 Å². The molecular formula is C20H39N. The summed E-state index contributed by atoms with van der Waals surface area (Å²) in [6, 6.07) is 0. The number of rotatable bonds is 16. The van der Waals surface area contributed by atoms with Gasteiger partial charge in [0.2, 0.25) is 0 Å². The maximum absolute atomic E-state index is 3.43. The summed E-state index contributed by atoms with van der Waals surface area (Å²) in [6.45, 7) is 6.56. The summed E-state index contributed by atoms with van der Waals surface area (Å²) in [5.74, 6) is 0. The van der Waals surface area contributed by atoms with E-state index >= 15 is 0 Å². The number of nitrogens with one attached hydrogen (secondary N) is 1. The van der Waals surface area contributed by atoms with E-state index in [1.807, 2.05) is 0 Å². The molecule has 1 N–H and O–H groups in total. The van der Waals surface area contributed by atoms with Gasteiger partial charge in [-0.3, -0.25) is 0 Å². The molecule has 0 aliphatic heterocycles. The van der Waals surface area contributed by atoms with Crippen molar-refractivity contribution in [3.63, 3.8) is 0 Å². The van der Waals surface area contributed by atoms with E-state index < -0.39 is 0 Å². The van der Waals surface area contributed by atoms with E-state index in [1.54, 1.807) is 0 Å². The molecule has 0 bridgehead atoms. The van der Waals surface area contributed by atoms with Crippen molar-refractivity contribution in [3.05, 3.63) is 24.3 Å². The highest BCUT2D eigenvalue weighted by molar-refractivity contribution is 4.87. The van der Waals surface area contributed by atoms with Crippen LogP contribution in [0.15, 0.2) is 24.3 Å². The standard InChI is InChI=1S/C20H39N/c1-3-5-7-9-11-13-15-17-19-21-20-18-16-14-12-10-8-6-4-2/h15-18,21H,3-14,19-20H2,1-2H3/b17-15+,18-16+. The van der Waals surface area contributed by atoms with Crippen LogP contribution in [0.5, 0.6) is 0 Å². The van der Waals surface area contributed by atoms with Gasteiger partial charge >= 0.3 is 0 Å². The quantitative estimate of drug-likeness (QED) is 0.256. The SMILES string of the molecule is CCCCCCC/C=C/CNC/C=C/CCCCCCC. The summed E-state index contributed by atoms with van der Waals surface area (Å²) in [6.07, 6.45) is 25.5. The average Bonchev–Trinajstić information content (AvgIpc) is 2.50. The highest BCUT2D eigenvalue weighted by Gasteiger charge is 1.87. The average molecular weight is 294 g/mol. The highest BCUT2D eigenvalue weighted by atomic mass is 14.8. The lowest BCUT2D eigenvalue weighted by Gasteiger charge is -1.98. The number of unbranched alkanes of at least 4 members (excludes halogenated alkanes) is 10. The van der Waals surface area contributed by atoms with Gasteiger partial charge < -0.3 is 5.32 Å². The Balaban J connectivity index is 3.13. The predicted molar refractivity (Wildman–Crippen MR) is 97.9 cm³/mol. The Labute approximate surface area is 134 Å². The monoisotopic (exact) mass is 293 g/mol.